The molecule has 0 amide bonds. The van der Waals surface area contributed by atoms with E-state index >= 15 is 0 Å². The topological polar surface area (TPSA) is 117 Å². The Morgan fingerprint density at radius 1 is 1.17 bits per heavy atom. The Labute approximate surface area is 210 Å². The molecule has 3 aromatic carbocycles. The van der Waals surface area contributed by atoms with E-state index in [1.807, 2.05) is 6.07 Å². The van der Waals surface area contributed by atoms with Gasteiger partial charge in [-0.1, -0.05) is 48.0 Å². The van der Waals surface area contributed by atoms with E-state index < -0.39 is 10.9 Å². The van der Waals surface area contributed by atoms with Crippen LogP contribution in [0.15, 0.2) is 71.4 Å². The molecule has 0 saturated carbocycles. The largest absolute Gasteiger partial charge is 0.493 e. The first-order chi connectivity index (χ1) is 17.3. The molecular weight excluding hydrogens is 488 g/mol. The van der Waals surface area contributed by atoms with Crippen LogP contribution in [-0.2, 0) is 9.53 Å². The molecule has 3 aromatic rings. The molecule has 0 fully saturated rings. The number of Topliss-reactive ketones (excluding diaryl/α,β-unsaturated/α-hetero) is 1. The number of hydrogen-bond acceptors (Lipinski definition) is 8. The standard InChI is InChI=1S/C26H19ClN2O7/c1-15-8-9-18(13-21(15)29(32)33)25-28-20(26(31)36-25)11-16-10-19(27)24(23(12-16)34-2)35-14-22(30)17-6-4-3-5-7-17/h3-13H,14H2,1-2H3/b20-11-. The number of halogens is 1. The number of ketones is 1. The number of rotatable bonds is 8. The summed E-state index contributed by atoms with van der Waals surface area (Å²) in [5.74, 6) is -0.577. The maximum atomic E-state index is 12.4. The van der Waals surface area contributed by atoms with Gasteiger partial charge in [-0.25, -0.2) is 9.79 Å². The molecule has 9 nitrogen and oxygen atoms in total. The number of nitro groups is 1. The van der Waals surface area contributed by atoms with Gasteiger partial charge in [0.1, 0.15) is 0 Å². The summed E-state index contributed by atoms with van der Waals surface area (Å²) < 4.78 is 16.2. The van der Waals surface area contributed by atoms with Gasteiger partial charge >= 0.3 is 5.97 Å². The molecule has 0 N–H and O–H groups in total. The van der Waals surface area contributed by atoms with E-state index in [2.05, 4.69) is 4.99 Å². The molecule has 0 spiro atoms. The SMILES string of the molecule is COc1cc(/C=C2\N=C(c3ccc(C)c([N+](=O)[O-])c3)OC2=O)cc(Cl)c1OCC(=O)c1ccccc1. The number of cyclic esters (lactones) is 1. The summed E-state index contributed by atoms with van der Waals surface area (Å²) >= 11 is 6.39. The van der Waals surface area contributed by atoms with Gasteiger partial charge in [0.05, 0.1) is 17.1 Å². The van der Waals surface area contributed by atoms with Crippen molar-refractivity contribution < 1.29 is 28.7 Å². The minimum Gasteiger partial charge on any atom is -0.493 e. The number of benzene rings is 3. The number of carbonyl (C=O) groups excluding carboxylic acids is 2. The molecule has 36 heavy (non-hydrogen) atoms. The van der Waals surface area contributed by atoms with Crippen LogP contribution in [0.25, 0.3) is 6.08 Å². The molecule has 0 unspecified atom stereocenters. The molecule has 1 aliphatic rings. The Morgan fingerprint density at radius 3 is 2.61 bits per heavy atom. The first kappa shape index (κ1) is 24.6. The average Bonchev–Trinajstić information content (AvgIpc) is 3.23. The van der Waals surface area contributed by atoms with Gasteiger partial charge in [0.15, 0.2) is 29.6 Å². The summed E-state index contributed by atoms with van der Waals surface area (Å²) in [6, 6.07) is 16.2. The van der Waals surface area contributed by atoms with E-state index in [-0.39, 0.29) is 46.2 Å². The number of nitro benzene ring substituents is 1. The lowest BCUT2D eigenvalue weighted by Crippen LogP contribution is -2.12. The second kappa shape index (κ2) is 10.4. The van der Waals surface area contributed by atoms with Crippen LogP contribution in [-0.4, -0.2) is 36.3 Å². The molecule has 0 atom stereocenters. The maximum Gasteiger partial charge on any atom is 0.363 e. The van der Waals surface area contributed by atoms with Gasteiger partial charge < -0.3 is 14.2 Å². The summed E-state index contributed by atoms with van der Waals surface area (Å²) in [7, 11) is 1.42. The van der Waals surface area contributed by atoms with Crippen molar-refractivity contribution in [3.63, 3.8) is 0 Å². The number of aliphatic imine (C=N–C) groups is 1. The molecule has 0 aromatic heterocycles. The predicted molar refractivity (Wildman–Crippen MR) is 133 cm³/mol. The lowest BCUT2D eigenvalue weighted by Gasteiger charge is -2.13. The monoisotopic (exact) mass is 506 g/mol. The highest BCUT2D eigenvalue weighted by atomic mass is 35.5. The molecule has 1 aliphatic heterocycles. The summed E-state index contributed by atoms with van der Waals surface area (Å²) in [6.45, 7) is 1.36. The zero-order chi connectivity index (χ0) is 25.8. The van der Waals surface area contributed by atoms with E-state index in [9.17, 15) is 19.7 Å². The molecule has 0 saturated heterocycles. The van der Waals surface area contributed by atoms with E-state index in [0.29, 0.717) is 22.3 Å². The van der Waals surface area contributed by atoms with Gasteiger partial charge in [-0.2, -0.15) is 0 Å². The number of carbonyl (C=O) groups is 2. The third-order valence-corrected chi connectivity index (χ3v) is 5.55. The van der Waals surface area contributed by atoms with Crippen LogP contribution in [0.1, 0.15) is 27.0 Å². The van der Waals surface area contributed by atoms with Crippen LogP contribution in [0.2, 0.25) is 5.02 Å². The van der Waals surface area contributed by atoms with Gasteiger partial charge in [-0.05, 0) is 36.8 Å². The number of methoxy groups -OCH3 is 1. The van der Waals surface area contributed by atoms with Crippen LogP contribution in [0, 0.1) is 17.0 Å². The quantitative estimate of drug-likeness (QED) is 0.136. The third kappa shape index (κ3) is 5.26. The summed E-state index contributed by atoms with van der Waals surface area (Å²) in [6.07, 6.45) is 1.44. The number of aryl methyl sites for hydroxylation is 1. The Kier molecular flexibility index (Phi) is 7.12. The highest BCUT2D eigenvalue weighted by Crippen LogP contribution is 2.37. The van der Waals surface area contributed by atoms with E-state index in [0.717, 1.165) is 0 Å². The van der Waals surface area contributed by atoms with Crippen molar-refractivity contribution in [2.45, 2.75) is 6.92 Å². The summed E-state index contributed by atoms with van der Waals surface area (Å²) in [4.78, 5) is 39.7. The highest BCUT2D eigenvalue weighted by molar-refractivity contribution is 6.32. The minimum atomic E-state index is -0.725. The van der Waals surface area contributed by atoms with Crippen molar-refractivity contribution in [3.05, 3.63) is 104 Å². The van der Waals surface area contributed by atoms with Gasteiger partial charge in [0.25, 0.3) is 5.69 Å². The Balaban J connectivity index is 1.58. The summed E-state index contributed by atoms with van der Waals surface area (Å²) in [5.41, 5.74) is 1.60. The Bertz CT molecular complexity index is 1430. The van der Waals surface area contributed by atoms with Gasteiger partial charge in [0.2, 0.25) is 5.90 Å². The number of hydrogen-bond donors (Lipinski definition) is 0. The van der Waals surface area contributed by atoms with Crippen molar-refractivity contribution in [1.29, 1.82) is 0 Å². The zero-order valence-electron chi connectivity index (χ0n) is 19.2. The van der Waals surface area contributed by atoms with E-state index in [1.54, 1.807) is 49.4 Å². The molecule has 10 heteroatoms. The smallest absolute Gasteiger partial charge is 0.363 e. The lowest BCUT2D eigenvalue weighted by atomic mass is 10.1. The van der Waals surface area contributed by atoms with Crippen LogP contribution < -0.4 is 9.47 Å². The van der Waals surface area contributed by atoms with E-state index in [4.69, 9.17) is 25.8 Å². The van der Waals surface area contributed by atoms with Crippen molar-refractivity contribution in [3.8, 4) is 11.5 Å². The maximum absolute atomic E-state index is 12.4. The average molecular weight is 507 g/mol. The fourth-order valence-corrected chi connectivity index (χ4v) is 3.71. The van der Waals surface area contributed by atoms with Crippen LogP contribution in [0.5, 0.6) is 11.5 Å². The highest BCUT2D eigenvalue weighted by Gasteiger charge is 2.26. The van der Waals surface area contributed by atoms with Gasteiger partial charge in [-0.3, -0.25) is 14.9 Å². The molecule has 1 heterocycles. The summed E-state index contributed by atoms with van der Waals surface area (Å²) in [5, 5.41) is 11.4. The fraction of sp³-hybridized carbons (Fsp3) is 0.115. The number of ether oxygens (including phenoxy) is 3. The third-order valence-electron chi connectivity index (χ3n) is 5.27. The second-order valence-electron chi connectivity index (χ2n) is 7.71. The van der Waals surface area contributed by atoms with Crippen LogP contribution in [0.3, 0.4) is 0 Å². The zero-order valence-corrected chi connectivity index (χ0v) is 19.9. The van der Waals surface area contributed by atoms with E-state index in [1.165, 1.54) is 25.3 Å². The van der Waals surface area contributed by atoms with Gasteiger partial charge in [0, 0.05) is 22.8 Å². The van der Waals surface area contributed by atoms with Crippen molar-refractivity contribution in [2.75, 3.05) is 13.7 Å². The van der Waals surface area contributed by atoms with Crippen molar-refractivity contribution in [2.24, 2.45) is 4.99 Å². The van der Waals surface area contributed by atoms with Crippen molar-refractivity contribution in [1.82, 2.24) is 0 Å². The van der Waals surface area contributed by atoms with Crippen LogP contribution in [0.4, 0.5) is 5.69 Å². The minimum absolute atomic E-state index is 0.0285. The molecule has 4 rings (SSSR count). The first-order valence-corrected chi connectivity index (χ1v) is 11.0. The number of nitrogens with zero attached hydrogens (tertiary/aromatic N) is 2. The molecule has 0 radical (unpaired) electrons. The molecular formula is C26H19ClN2O7. The lowest BCUT2D eigenvalue weighted by molar-refractivity contribution is -0.385. The molecule has 0 bridgehead atoms. The molecule has 0 aliphatic carbocycles. The first-order valence-electron chi connectivity index (χ1n) is 10.6. The fourth-order valence-electron chi connectivity index (χ4n) is 3.44. The number of esters is 1. The van der Waals surface area contributed by atoms with Crippen molar-refractivity contribution >= 4 is 41.0 Å². The van der Waals surface area contributed by atoms with Gasteiger partial charge in [-0.15, -0.1) is 0 Å². The van der Waals surface area contributed by atoms with Crippen LogP contribution >= 0.6 is 11.6 Å². The predicted octanol–water partition coefficient (Wildman–Crippen LogP) is 5.17. The normalized spacial score (nSPS) is 13.8. The Morgan fingerprint density at radius 2 is 1.92 bits per heavy atom. The second-order valence-corrected chi connectivity index (χ2v) is 8.11. The molecule has 182 valence electrons. The Hall–Kier alpha value is -4.50.